The fourth-order valence-corrected chi connectivity index (χ4v) is 1.94. The van der Waals surface area contributed by atoms with Gasteiger partial charge in [0.1, 0.15) is 5.75 Å². The highest BCUT2D eigenvalue weighted by Gasteiger charge is 2.28. The molecule has 3 rings (SSSR count). The Morgan fingerprint density at radius 1 is 1.29 bits per heavy atom. The molecule has 1 unspecified atom stereocenters. The second-order valence-electron chi connectivity index (χ2n) is 3.99. The van der Waals surface area contributed by atoms with E-state index in [1.807, 2.05) is 24.3 Å². The van der Waals surface area contributed by atoms with E-state index in [2.05, 4.69) is 10.2 Å². The Balaban J connectivity index is 1.79. The zero-order chi connectivity index (χ0) is 11.7. The lowest BCUT2D eigenvalue weighted by atomic mass is 10.1. The fourth-order valence-electron chi connectivity index (χ4n) is 1.94. The molecule has 2 heterocycles. The molecule has 2 N–H and O–H groups in total. The molecule has 1 aliphatic rings. The first-order valence-corrected chi connectivity index (χ1v) is 5.63. The summed E-state index contributed by atoms with van der Waals surface area (Å²) < 4.78 is 11.3. The summed E-state index contributed by atoms with van der Waals surface area (Å²) in [6.45, 7) is 0.507. The first-order chi connectivity index (χ1) is 8.36. The van der Waals surface area contributed by atoms with E-state index in [4.69, 9.17) is 14.9 Å². The summed E-state index contributed by atoms with van der Waals surface area (Å²) in [5, 5.41) is 7.94. The van der Waals surface area contributed by atoms with Gasteiger partial charge in [0.25, 0.3) is 5.89 Å². The van der Waals surface area contributed by atoms with E-state index in [1.54, 1.807) is 0 Å². The number of aromatic nitrogens is 2. The van der Waals surface area contributed by atoms with E-state index in [0.29, 0.717) is 24.7 Å². The lowest BCUT2D eigenvalue weighted by Crippen LogP contribution is -2.03. The van der Waals surface area contributed by atoms with Crippen LogP contribution < -0.4 is 10.5 Å². The van der Waals surface area contributed by atoms with Crippen LogP contribution in [-0.2, 0) is 12.8 Å². The lowest BCUT2D eigenvalue weighted by Gasteiger charge is -2.04. The molecular formula is C12H13N3O2. The van der Waals surface area contributed by atoms with E-state index < -0.39 is 0 Å². The maximum atomic E-state index is 5.76. The molecule has 0 bridgehead atoms. The van der Waals surface area contributed by atoms with Crippen LogP contribution in [0.15, 0.2) is 28.7 Å². The smallest absolute Gasteiger partial charge is 0.257 e. The van der Waals surface area contributed by atoms with Crippen molar-refractivity contribution in [2.45, 2.75) is 18.9 Å². The third-order valence-corrected chi connectivity index (χ3v) is 2.76. The van der Waals surface area contributed by atoms with Crippen molar-refractivity contribution in [3.8, 4) is 5.75 Å². The third-order valence-electron chi connectivity index (χ3n) is 2.76. The molecule has 0 saturated heterocycles. The molecule has 1 atom stereocenters. The van der Waals surface area contributed by atoms with E-state index in [1.165, 1.54) is 5.56 Å². The van der Waals surface area contributed by atoms with Crippen molar-refractivity contribution >= 4 is 0 Å². The van der Waals surface area contributed by atoms with Gasteiger partial charge in [0.15, 0.2) is 6.10 Å². The van der Waals surface area contributed by atoms with Gasteiger partial charge >= 0.3 is 0 Å². The molecule has 1 aromatic heterocycles. The quantitative estimate of drug-likeness (QED) is 0.860. The maximum Gasteiger partial charge on any atom is 0.257 e. The standard InChI is InChI=1S/C12H13N3O2/c13-6-5-11-14-15-12(17-11)10-7-8-3-1-2-4-9(8)16-10/h1-4,10H,5-7,13H2. The number of hydrogen-bond donors (Lipinski definition) is 1. The Bertz CT molecular complexity index is 499. The number of para-hydroxylation sites is 1. The van der Waals surface area contributed by atoms with Gasteiger partial charge in [-0.05, 0) is 11.6 Å². The Labute approximate surface area is 98.6 Å². The van der Waals surface area contributed by atoms with Gasteiger partial charge in [0.2, 0.25) is 5.89 Å². The summed E-state index contributed by atoms with van der Waals surface area (Å²) in [7, 11) is 0. The van der Waals surface area contributed by atoms with Gasteiger partial charge in [-0.25, -0.2) is 0 Å². The van der Waals surface area contributed by atoms with E-state index in [-0.39, 0.29) is 6.10 Å². The van der Waals surface area contributed by atoms with Crippen LogP contribution in [0, 0.1) is 0 Å². The molecule has 0 spiro atoms. The van der Waals surface area contributed by atoms with Crippen molar-refractivity contribution in [1.82, 2.24) is 10.2 Å². The average Bonchev–Trinajstić information content (AvgIpc) is 2.94. The Morgan fingerprint density at radius 3 is 3.00 bits per heavy atom. The molecule has 0 radical (unpaired) electrons. The summed E-state index contributed by atoms with van der Waals surface area (Å²) in [5.74, 6) is 2.00. The zero-order valence-corrected chi connectivity index (χ0v) is 9.30. The number of nitrogens with zero attached hydrogens (tertiary/aromatic N) is 2. The average molecular weight is 231 g/mol. The van der Waals surface area contributed by atoms with Crippen LogP contribution in [-0.4, -0.2) is 16.7 Å². The largest absolute Gasteiger partial charge is 0.480 e. The molecule has 5 heteroatoms. The van der Waals surface area contributed by atoms with Crippen LogP contribution in [0.1, 0.15) is 23.4 Å². The van der Waals surface area contributed by atoms with Crippen molar-refractivity contribution in [1.29, 1.82) is 0 Å². The van der Waals surface area contributed by atoms with Crippen LogP contribution in [0.2, 0.25) is 0 Å². The van der Waals surface area contributed by atoms with Gasteiger partial charge in [0, 0.05) is 19.4 Å². The van der Waals surface area contributed by atoms with Gasteiger partial charge in [-0.15, -0.1) is 10.2 Å². The minimum absolute atomic E-state index is 0.161. The summed E-state index contributed by atoms with van der Waals surface area (Å²) in [6.07, 6.45) is 1.22. The van der Waals surface area contributed by atoms with Gasteiger partial charge in [0.05, 0.1) is 0 Å². The topological polar surface area (TPSA) is 74.2 Å². The Morgan fingerprint density at radius 2 is 2.18 bits per heavy atom. The molecule has 0 saturated carbocycles. The second-order valence-corrected chi connectivity index (χ2v) is 3.99. The molecule has 17 heavy (non-hydrogen) atoms. The van der Waals surface area contributed by atoms with Crippen LogP contribution in [0.4, 0.5) is 0 Å². The molecule has 5 nitrogen and oxygen atoms in total. The van der Waals surface area contributed by atoms with Crippen molar-refractivity contribution in [2.24, 2.45) is 5.73 Å². The van der Waals surface area contributed by atoms with Crippen molar-refractivity contribution in [2.75, 3.05) is 6.54 Å². The number of fused-ring (bicyclic) bond motifs is 1. The Kier molecular flexibility index (Phi) is 2.53. The third kappa shape index (κ3) is 1.89. The molecule has 0 amide bonds. The van der Waals surface area contributed by atoms with E-state index >= 15 is 0 Å². The molecule has 0 fully saturated rings. The first-order valence-electron chi connectivity index (χ1n) is 5.63. The number of nitrogens with two attached hydrogens (primary N) is 1. The molecule has 2 aromatic rings. The molecule has 1 aliphatic heterocycles. The zero-order valence-electron chi connectivity index (χ0n) is 9.30. The molecule has 1 aromatic carbocycles. The van der Waals surface area contributed by atoms with Gasteiger partial charge < -0.3 is 14.9 Å². The maximum absolute atomic E-state index is 5.76. The minimum Gasteiger partial charge on any atom is -0.480 e. The highest BCUT2D eigenvalue weighted by atomic mass is 16.5. The summed E-state index contributed by atoms with van der Waals surface area (Å²) in [4.78, 5) is 0. The number of hydrogen-bond acceptors (Lipinski definition) is 5. The summed E-state index contributed by atoms with van der Waals surface area (Å²) >= 11 is 0. The highest BCUT2D eigenvalue weighted by molar-refractivity contribution is 5.37. The minimum atomic E-state index is -0.161. The predicted molar refractivity (Wildman–Crippen MR) is 60.6 cm³/mol. The number of ether oxygens (including phenoxy) is 1. The molecule has 0 aliphatic carbocycles. The van der Waals surface area contributed by atoms with E-state index in [9.17, 15) is 0 Å². The monoisotopic (exact) mass is 231 g/mol. The van der Waals surface area contributed by atoms with Crippen molar-refractivity contribution in [3.63, 3.8) is 0 Å². The summed E-state index contributed by atoms with van der Waals surface area (Å²) in [6, 6.07) is 7.95. The van der Waals surface area contributed by atoms with Crippen LogP contribution >= 0.6 is 0 Å². The van der Waals surface area contributed by atoms with Gasteiger partial charge in [-0.3, -0.25) is 0 Å². The SMILES string of the molecule is NCCc1nnc(C2Cc3ccccc3O2)o1. The first kappa shape index (κ1) is 10.3. The van der Waals surface area contributed by atoms with Crippen molar-refractivity contribution < 1.29 is 9.15 Å². The highest BCUT2D eigenvalue weighted by Crippen LogP contribution is 2.35. The van der Waals surface area contributed by atoms with Crippen molar-refractivity contribution in [3.05, 3.63) is 41.6 Å². The lowest BCUT2D eigenvalue weighted by molar-refractivity contribution is 0.195. The van der Waals surface area contributed by atoms with Crippen LogP contribution in [0.25, 0.3) is 0 Å². The van der Waals surface area contributed by atoms with Crippen LogP contribution in [0.5, 0.6) is 5.75 Å². The number of rotatable bonds is 3. The van der Waals surface area contributed by atoms with Gasteiger partial charge in [-0.2, -0.15) is 0 Å². The van der Waals surface area contributed by atoms with E-state index in [0.717, 1.165) is 12.2 Å². The predicted octanol–water partition coefficient (Wildman–Crippen LogP) is 1.25. The fraction of sp³-hybridized carbons (Fsp3) is 0.333. The molecular weight excluding hydrogens is 218 g/mol. The Hall–Kier alpha value is -1.88. The molecule has 88 valence electrons. The second kappa shape index (κ2) is 4.18. The number of benzene rings is 1. The normalized spacial score (nSPS) is 17.8. The van der Waals surface area contributed by atoms with Crippen LogP contribution in [0.3, 0.4) is 0 Å². The summed E-state index contributed by atoms with van der Waals surface area (Å²) in [5.41, 5.74) is 6.61. The van der Waals surface area contributed by atoms with Gasteiger partial charge in [-0.1, -0.05) is 18.2 Å².